The molecule has 0 aliphatic rings. The van der Waals surface area contributed by atoms with Gasteiger partial charge in [-0.2, -0.15) is 0 Å². The quantitative estimate of drug-likeness (QED) is 0.317. The van der Waals surface area contributed by atoms with Crippen molar-refractivity contribution in [3.63, 3.8) is 0 Å². The van der Waals surface area contributed by atoms with Gasteiger partial charge in [0.25, 0.3) is 0 Å². The van der Waals surface area contributed by atoms with E-state index in [-0.39, 0.29) is 5.56 Å². The molecular formula is C25H15F3N2O. The standard InChI is InChI=1S/C25H15F3N2O/c1-2-9-31-21-14-29-25(30-15-21)19-8-7-17(22(26)12-19)5-3-16-4-6-18-11-23(27)24(28)13-20(18)10-16/h2,4,6-8,10-15H,1,9H2. The number of benzene rings is 3. The summed E-state index contributed by atoms with van der Waals surface area (Å²) in [5.41, 5.74) is 1.25. The Morgan fingerprint density at radius 3 is 2.29 bits per heavy atom. The van der Waals surface area contributed by atoms with E-state index in [2.05, 4.69) is 28.4 Å². The Morgan fingerprint density at radius 2 is 1.58 bits per heavy atom. The van der Waals surface area contributed by atoms with Crippen LogP contribution in [0.3, 0.4) is 0 Å². The van der Waals surface area contributed by atoms with E-state index in [0.717, 1.165) is 12.1 Å². The number of fused-ring (bicyclic) bond motifs is 1. The van der Waals surface area contributed by atoms with Crippen LogP contribution in [0.5, 0.6) is 5.75 Å². The van der Waals surface area contributed by atoms with Crippen LogP contribution < -0.4 is 4.74 Å². The first kappa shape index (κ1) is 20.2. The zero-order valence-electron chi connectivity index (χ0n) is 16.2. The first-order chi connectivity index (χ1) is 15.0. The van der Waals surface area contributed by atoms with Gasteiger partial charge in [0.05, 0.1) is 18.0 Å². The van der Waals surface area contributed by atoms with E-state index in [0.29, 0.717) is 40.1 Å². The minimum Gasteiger partial charge on any atom is -0.486 e. The lowest BCUT2D eigenvalue weighted by atomic mass is 10.1. The van der Waals surface area contributed by atoms with Gasteiger partial charge in [0, 0.05) is 11.1 Å². The minimum atomic E-state index is -0.929. The molecule has 0 N–H and O–H groups in total. The van der Waals surface area contributed by atoms with Crippen LogP contribution in [-0.4, -0.2) is 16.6 Å². The average molecular weight is 416 g/mol. The largest absolute Gasteiger partial charge is 0.486 e. The fraction of sp³-hybridized carbons (Fsp3) is 0.0400. The lowest BCUT2D eigenvalue weighted by Gasteiger charge is -2.04. The molecule has 152 valence electrons. The maximum absolute atomic E-state index is 14.5. The summed E-state index contributed by atoms with van der Waals surface area (Å²) in [6, 6.07) is 11.7. The van der Waals surface area contributed by atoms with E-state index >= 15 is 0 Å². The number of hydrogen-bond donors (Lipinski definition) is 0. The Kier molecular flexibility index (Phi) is 5.67. The third kappa shape index (κ3) is 4.57. The van der Waals surface area contributed by atoms with Gasteiger partial charge in [-0.15, -0.1) is 0 Å². The molecule has 0 saturated carbocycles. The number of hydrogen-bond acceptors (Lipinski definition) is 3. The highest BCUT2D eigenvalue weighted by atomic mass is 19.2. The second-order valence-corrected chi connectivity index (χ2v) is 6.61. The van der Waals surface area contributed by atoms with E-state index in [9.17, 15) is 13.2 Å². The predicted octanol–water partition coefficient (Wildman–Crippen LogP) is 5.68. The van der Waals surface area contributed by atoms with Gasteiger partial charge in [0.1, 0.15) is 12.4 Å². The van der Waals surface area contributed by atoms with Crippen molar-refractivity contribution in [2.45, 2.75) is 0 Å². The van der Waals surface area contributed by atoms with Gasteiger partial charge in [-0.3, -0.25) is 0 Å². The number of aromatic nitrogens is 2. The Hall–Kier alpha value is -4.11. The average Bonchev–Trinajstić information content (AvgIpc) is 2.78. The zero-order valence-corrected chi connectivity index (χ0v) is 16.2. The normalized spacial score (nSPS) is 10.4. The number of halogens is 3. The van der Waals surface area contributed by atoms with Crippen LogP contribution in [0.25, 0.3) is 22.2 Å². The van der Waals surface area contributed by atoms with Crippen LogP contribution in [-0.2, 0) is 0 Å². The summed E-state index contributed by atoms with van der Waals surface area (Å²) in [6.07, 6.45) is 4.62. The Labute approximate surface area is 176 Å². The summed E-state index contributed by atoms with van der Waals surface area (Å²) in [6.45, 7) is 3.91. The molecule has 4 rings (SSSR count). The monoisotopic (exact) mass is 416 g/mol. The van der Waals surface area contributed by atoms with Crippen molar-refractivity contribution in [3.05, 3.63) is 102 Å². The van der Waals surface area contributed by atoms with Gasteiger partial charge < -0.3 is 4.74 Å². The molecule has 31 heavy (non-hydrogen) atoms. The fourth-order valence-corrected chi connectivity index (χ4v) is 2.91. The van der Waals surface area contributed by atoms with E-state index < -0.39 is 17.5 Å². The topological polar surface area (TPSA) is 35.0 Å². The third-order valence-electron chi connectivity index (χ3n) is 4.44. The molecule has 0 spiro atoms. The Morgan fingerprint density at radius 1 is 0.839 bits per heavy atom. The van der Waals surface area contributed by atoms with Crippen LogP contribution in [0.1, 0.15) is 11.1 Å². The Bertz CT molecular complexity index is 1340. The first-order valence-electron chi connectivity index (χ1n) is 9.30. The van der Waals surface area contributed by atoms with Crippen molar-refractivity contribution < 1.29 is 17.9 Å². The second kappa shape index (κ2) is 8.72. The van der Waals surface area contributed by atoms with E-state index in [1.54, 1.807) is 36.4 Å². The van der Waals surface area contributed by atoms with Gasteiger partial charge in [-0.05, 0) is 53.2 Å². The minimum absolute atomic E-state index is 0.195. The van der Waals surface area contributed by atoms with Gasteiger partial charge in [-0.1, -0.05) is 30.6 Å². The second-order valence-electron chi connectivity index (χ2n) is 6.61. The van der Waals surface area contributed by atoms with Gasteiger partial charge in [0.15, 0.2) is 23.2 Å². The maximum atomic E-state index is 14.5. The smallest absolute Gasteiger partial charge is 0.159 e. The molecule has 1 heterocycles. The molecule has 0 radical (unpaired) electrons. The van der Waals surface area contributed by atoms with Crippen molar-refractivity contribution in [2.75, 3.05) is 6.61 Å². The molecule has 0 unspecified atom stereocenters. The molecule has 0 aliphatic carbocycles. The van der Waals surface area contributed by atoms with Crippen LogP contribution in [0.4, 0.5) is 13.2 Å². The zero-order chi connectivity index (χ0) is 21.8. The summed E-state index contributed by atoms with van der Waals surface area (Å²) in [7, 11) is 0. The fourth-order valence-electron chi connectivity index (χ4n) is 2.91. The number of rotatable bonds is 4. The molecule has 1 aromatic heterocycles. The SMILES string of the molecule is C=CCOc1cnc(-c2ccc(C#Cc3ccc4cc(F)c(F)cc4c3)c(F)c2)nc1. The maximum Gasteiger partial charge on any atom is 0.159 e. The highest BCUT2D eigenvalue weighted by molar-refractivity contribution is 5.84. The molecule has 6 heteroatoms. The molecule has 0 amide bonds. The molecule has 3 nitrogen and oxygen atoms in total. The van der Waals surface area contributed by atoms with Crippen LogP contribution in [0.2, 0.25) is 0 Å². The highest BCUT2D eigenvalue weighted by Crippen LogP contribution is 2.21. The number of ether oxygens (including phenoxy) is 1. The van der Waals surface area contributed by atoms with Crippen LogP contribution >= 0.6 is 0 Å². The van der Waals surface area contributed by atoms with Crippen LogP contribution in [0.15, 0.2) is 73.6 Å². The summed E-state index contributed by atoms with van der Waals surface area (Å²) in [5.74, 6) is 4.11. The van der Waals surface area contributed by atoms with Crippen molar-refractivity contribution in [1.29, 1.82) is 0 Å². The number of nitrogens with zero attached hydrogens (tertiary/aromatic N) is 2. The van der Waals surface area contributed by atoms with Gasteiger partial charge in [0.2, 0.25) is 0 Å². The van der Waals surface area contributed by atoms with Crippen molar-refractivity contribution >= 4 is 10.8 Å². The van der Waals surface area contributed by atoms with Crippen molar-refractivity contribution in [1.82, 2.24) is 9.97 Å². The lowest BCUT2D eigenvalue weighted by Crippen LogP contribution is -1.96. The highest BCUT2D eigenvalue weighted by Gasteiger charge is 2.07. The van der Waals surface area contributed by atoms with Gasteiger partial charge in [-0.25, -0.2) is 23.1 Å². The third-order valence-corrected chi connectivity index (χ3v) is 4.44. The van der Waals surface area contributed by atoms with Crippen molar-refractivity contribution in [2.24, 2.45) is 0 Å². The molecule has 0 atom stereocenters. The van der Waals surface area contributed by atoms with Gasteiger partial charge >= 0.3 is 0 Å². The predicted molar refractivity (Wildman–Crippen MR) is 113 cm³/mol. The molecule has 0 saturated heterocycles. The first-order valence-corrected chi connectivity index (χ1v) is 9.30. The molecule has 0 aliphatic heterocycles. The molecular weight excluding hydrogens is 401 g/mol. The summed E-state index contributed by atoms with van der Waals surface area (Å²) < 4.78 is 46.7. The molecule has 4 aromatic rings. The van der Waals surface area contributed by atoms with E-state index in [4.69, 9.17) is 4.74 Å². The molecule has 0 bridgehead atoms. The summed E-state index contributed by atoms with van der Waals surface area (Å²) >= 11 is 0. The lowest BCUT2D eigenvalue weighted by molar-refractivity contribution is 0.360. The Balaban J connectivity index is 1.57. The van der Waals surface area contributed by atoms with E-state index in [1.807, 2.05) is 0 Å². The van der Waals surface area contributed by atoms with Crippen LogP contribution in [0, 0.1) is 29.3 Å². The molecule has 3 aromatic carbocycles. The molecule has 0 fully saturated rings. The summed E-state index contributed by atoms with van der Waals surface area (Å²) in [5, 5.41) is 1.07. The summed E-state index contributed by atoms with van der Waals surface area (Å²) in [4.78, 5) is 8.36. The van der Waals surface area contributed by atoms with E-state index in [1.165, 1.54) is 18.5 Å². The van der Waals surface area contributed by atoms with Crippen molar-refractivity contribution in [3.8, 4) is 29.0 Å².